The lowest BCUT2D eigenvalue weighted by atomic mass is 9.97. The van der Waals surface area contributed by atoms with E-state index in [0.717, 1.165) is 0 Å². The third-order valence-corrected chi connectivity index (χ3v) is 4.00. The summed E-state index contributed by atoms with van der Waals surface area (Å²) in [4.78, 5) is 6.84. The molecule has 1 aromatic rings. The van der Waals surface area contributed by atoms with Gasteiger partial charge in [-0.15, -0.1) is 0 Å². The van der Waals surface area contributed by atoms with E-state index in [1.807, 2.05) is 12.4 Å². The summed E-state index contributed by atoms with van der Waals surface area (Å²) in [6.45, 7) is 4.64. The lowest BCUT2D eigenvalue weighted by molar-refractivity contribution is 0.691. The summed E-state index contributed by atoms with van der Waals surface area (Å²) < 4.78 is 0. The standard InChI is InChI=1S/C16H19N2/c1-12-7-8-13(2)18(12)16-9-10-17-11-15(16)14-5-3-4-6-14/h3-6,9-13H,7-8H2,1-2H3/t12-,13-/m1/s1. The molecule has 2 heteroatoms. The normalized spacial score (nSPS) is 29.1. The van der Waals surface area contributed by atoms with Crippen LogP contribution in [0.5, 0.6) is 0 Å². The molecule has 5 radical (unpaired) electrons. The monoisotopic (exact) mass is 239 g/mol. The quantitative estimate of drug-likeness (QED) is 0.788. The van der Waals surface area contributed by atoms with Gasteiger partial charge in [0.1, 0.15) is 0 Å². The fourth-order valence-electron chi connectivity index (χ4n) is 3.06. The summed E-state index contributed by atoms with van der Waals surface area (Å²) in [5.41, 5.74) is 2.58. The van der Waals surface area contributed by atoms with Crippen molar-refractivity contribution >= 4 is 5.69 Å². The largest absolute Gasteiger partial charge is 0.366 e. The first kappa shape index (κ1) is 12.0. The van der Waals surface area contributed by atoms with Gasteiger partial charge in [-0.2, -0.15) is 0 Å². The van der Waals surface area contributed by atoms with E-state index in [-0.39, 0.29) is 0 Å². The van der Waals surface area contributed by atoms with Gasteiger partial charge in [0, 0.05) is 41.6 Å². The summed E-state index contributed by atoms with van der Waals surface area (Å²) in [5.74, 6) is 1.27. The van der Waals surface area contributed by atoms with Gasteiger partial charge in [-0.1, -0.05) is 0 Å². The van der Waals surface area contributed by atoms with Crippen LogP contribution in [0.3, 0.4) is 0 Å². The van der Waals surface area contributed by atoms with Crippen LogP contribution in [0, 0.1) is 31.6 Å². The second-order valence-corrected chi connectivity index (χ2v) is 5.25. The van der Waals surface area contributed by atoms with Crippen molar-refractivity contribution in [2.45, 2.75) is 38.8 Å². The minimum atomic E-state index is 0.621. The fraction of sp³-hybridized carbons (Fsp3) is 0.375. The van der Waals surface area contributed by atoms with Crippen LogP contribution in [0.15, 0.2) is 18.5 Å². The molecule has 2 nitrogen and oxygen atoms in total. The lowest BCUT2D eigenvalue weighted by Crippen LogP contribution is -2.33. The van der Waals surface area contributed by atoms with E-state index in [9.17, 15) is 0 Å². The van der Waals surface area contributed by atoms with E-state index < -0.39 is 0 Å². The van der Waals surface area contributed by atoms with E-state index in [1.165, 1.54) is 30.0 Å². The average Bonchev–Trinajstić information content (AvgIpc) is 3.00. The first-order chi connectivity index (χ1) is 8.77. The molecule has 93 valence electrons. The van der Waals surface area contributed by atoms with Crippen molar-refractivity contribution in [3.63, 3.8) is 0 Å². The Morgan fingerprint density at radius 3 is 2.44 bits per heavy atom. The Balaban J connectivity index is 1.95. The van der Waals surface area contributed by atoms with Crippen molar-refractivity contribution in [1.82, 2.24) is 4.98 Å². The summed E-state index contributed by atoms with van der Waals surface area (Å²) in [7, 11) is 0. The molecule has 3 rings (SSSR count). The Morgan fingerprint density at radius 1 is 1.11 bits per heavy atom. The maximum absolute atomic E-state index is 4.30. The molecule has 1 aliphatic heterocycles. The van der Waals surface area contributed by atoms with E-state index in [4.69, 9.17) is 0 Å². The van der Waals surface area contributed by atoms with Crippen molar-refractivity contribution in [2.24, 2.45) is 0 Å². The van der Waals surface area contributed by atoms with Crippen LogP contribution in [0.1, 0.15) is 32.3 Å². The number of anilines is 1. The summed E-state index contributed by atoms with van der Waals surface area (Å²) in [6.07, 6.45) is 14.9. The van der Waals surface area contributed by atoms with Crippen LogP contribution >= 0.6 is 0 Å². The number of nitrogens with zero attached hydrogens (tertiary/aromatic N) is 2. The van der Waals surface area contributed by atoms with Crippen LogP contribution < -0.4 is 4.90 Å². The van der Waals surface area contributed by atoms with Gasteiger partial charge in [-0.25, -0.2) is 0 Å². The summed E-state index contributed by atoms with van der Waals surface area (Å²) in [6, 6.07) is 3.40. The molecule has 2 fully saturated rings. The van der Waals surface area contributed by atoms with Crippen LogP contribution in [-0.4, -0.2) is 17.1 Å². The van der Waals surface area contributed by atoms with Crippen LogP contribution in [0.4, 0.5) is 5.69 Å². The predicted octanol–water partition coefficient (Wildman–Crippen LogP) is 3.21. The van der Waals surface area contributed by atoms with Crippen molar-refractivity contribution in [3.8, 4) is 0 Å². The first-order valence-corrected chi connectivity index (χ1v) is 6.72. The highest BCUT2D eigenvalue weighted by Gasteiger charge is 2.31. The molecule has 2 heterocycles. The van der Waals surface area contributed by atoms with Crippen molar-refractivity contribution < 1.29 is 0 Å². The molecular formula is C16H19N2. The Morgan fingerprint density at radius 2 is 1.78 bits per heavy atom. The molecule has 2 aliphatic rings. The molecule has 0 aromatic carbocycles. The highest BCUT2D eigenvalue weighted by atomic mass is 15.2. The SMILES string of the molecule is C[C@@H]1CC[C@@H](C)N1c1ccncc1[C]1[CH][CH][CH][CH]1. The zero-order valence-electron chi connectivity index (χ0n) is 11.0. The second kappa shape index (κ2) is 4.91. The molecule has 0 amide bonds. The van der Waals surface area contributed by atoms with Gasteiger partial charge in [0.25, 0.3) is 0 Å². The lowest BCUT2D eigenvalue weighted by Gasteiger charge is -2.31. The third kappa shape index (κ3) is 2.02. The van der Waals surface area contributed by atoms with E-state index in [1.54, 1.807) is 0 Å². The van der Waals surface area contributed by atoms with Crippen molar-refractivity contribution in [2.75, 3.05) is 4.90 Å². The maximum Gasteiger partial charge on any atom is 0.0440 e. The van der Waals surface area contributed by atoms with Crippen LogP contribution in [0.2, 0.25) is 0 Å². The zero-order chi connectivity index (χ0) is 12.5. The minimum Gasteiger partial charge on any atom is -0.366 e. The first-order valence-electron chi connectivity index (χ1n) is 6.72. The molecular weight excluding hydrogens is 220 g/mol. The molecule has 18 heavy (non-hydrogen) atoms. The Hall–Kier alpha value is -1.05. The summed E-state index contributed by atoms with van der Waals surface area (Å²) >= 11 is 0. The van der Waals surface area contributed by atoms with E-state index in [2.05, 4.69) is 55.5 Å². The Labute approximate surface area is 110 Å². The molecule has 1 saturated carbocycles. The minimum absolute atomic E-state index is 0.621. The molecule has 2 atom stereocenters. The van der Waals surface area contributed by atoms with E-state index >= 15 is 0 Å². The van der Waals surface area contributed by atoms with Crippen molar-refractivity contribution in [1.29, 1.82) is 0 Å². The van der Waals surface area contributed by atoms with E-state index in [0.29, 0.717) is 12.1 Å². The third-order valence-electron chi connectivity index (χ3n) is 4.00. The highest BCUT2D eigenvalue weighted by molar-refractivity contribution is 5.65. The molecule has 0 unspecified atom stereocenters. The zero-order valence-corrected chi connectivity index (χ0v) is 11.0. The fourth-order valence-corrected chi connectivity index (χ4v) is 3.06. The molecule has 1 aliphatic carbocycles. The van der Waals surface area contributed by atoms with Gasteiger partial charge in [0.2, 0.25) is 0 Å². The molecule has 0 spiro atoms. The van der Waals surface area contributed by atoms with Gasteiger partial charge >= 0.3 is 0 Å². The Bertz CT molecular complexity index is 399. The number of pyridine rings is 1. The van der Waals surface area contributed by atoms with Crippen LogP contribution in [-0.2, 0) is 0 Å². The van der Waals surface area contributed by atoms with Crippen molar-refractivity contribution in [3.05, 3.63) is 55.6 Å². The topological polar surface area (TPSA) is 16.1 Å². The number of rotatable bonds is 2. The van der Waals surface area contributed by atoms with Gasteiger partial charge in [-0.3, -0.25) is 4.98 Å². The number of hydrogen-bond donors (Lipinski definition) is 0. The number of hydrogen-bond acceptors (Lipinski definition) is 2. The molecule has 1 saturated heterocycles. The second-order valence-electron chi connectivity index (χ2n) is 5.25. The molecule has 0 N–H and O–H groups in total. The molecule has 1 aromatic heterocycles. The highest BCUT2D eigenvalue weighted by Crippen LogP contribution is 2.39. The Kier molecular flexibility index (Phi) is 3.27. The van der Waals surface area contributed by atoms with Gasteiger partial charge in [0.05, 0.1) is 0 Å². The predicted molar refractivity (Wildman–Crippen MR) is 74.4 cm³/mol. The van der Waals surface area contributed by atoms with Crippen LogP contribution in [0.25, 0.3) is 0 Å². The van der Waals surface area contributed by atoms with Gasteiger partial charge < -0.3 is 4.90 Å². The van der Waals surface area contributed by atoms with Gasteiger partial charge in [0.15, 0.2) is 0 Å². The molecule has 0 bridgehead atoms. The van der Waals surface area contributed by atoms with Gasteiger partial charge in [-0.05, 0) is 58.4 Å². The number of aromatic nitrogens is 1. The maximum atomic E-state index is 4.30. The average molecular weight is 239 g/mol. The smallest absolute Gasteiger partial charge is 0.0440 e. The summed E-state index contributed by atoms with van der Waals surface area (Å²) in [5, 5.41) is 0.